The monoisotopic (exact) mass is 340 g/mol. The van der Waals surface area contributed by atoms with Crippen molar-refractivity contribution in [2.75, 3.05) is 18.5 Å². The third-order valence-electron chi connectivity index (χ3n) is 5.09. The van der Waals surface area contributed by atoms with Gasteiger partial charge in [0, 0.05) is 37.6 Å². The van der Waals surface area contributed by atoms with Gasteiger partial charge in [-0.2, -0.15) is 5.10 Å². The smallest absolute Gasteiger partial charge is 0.249 e. The maximum absolute atomic E-state index is 12.8. The number of benzene rings is 1. The Hall–Kier alpha value is -2.63. The van der Waals surface area contributed by atoms with Crippen molar-refractivity contribution in [2.24, 2.45) is 7.05 Å². The molecule has 1 aliphatic rings. The second-order valence-corrected chi connectivity index (χ2v) is 6.58. The van der Waals surface area contributed by atoms with Crippen molar-refractivity contribution >= 4 is 17.5 Å². The van der Waals surface area contributed by atoms with Gasteiger partial charge < -0.3 is 9.80 Å². The summed E-state index contributed by atoms with van der Waals surface area (Å²) in [7, 11) is 3.60. The molecule has 6 heteroatoms. The number of nitrogens with zero attached hydrogens (tertiary/aromatic N) is 4. The molecule has 1 aliphatic heterocycles. The predicted octanol–water partition coefficient (Wildman–Crippen LogP) is 1.84. The number of anilines is 1. The number of hydrogen-bond acceptors (Lipinski definition) is 3. The average molecular weight is 340 g/mol. The number of likely N-dealkylation sites (N-methyl/N-ethyl adjacent to an activating group) is 1. The van der Waals surface area contributed by atoms with Gasteiger partial charge in [0.1, 0.15) is 6.04 Å². The molecule has 0 unspecified atom stereocenters. The molecule has 1 atom stereocenters. The summed E-state index contributed by atoms with van der Waals surface area (Å²) in [5.41, 5.74) is 3.69. The minimum Gasteiger partial charge on any atom is -0.333 e. The lowest BCUT2D eigenvalue weighted by Gasteiger charge is -2.24. The van der Waals surface area contributed by atoms with Gasteiger partial charge in [-0.25, -0.2) is 0 Å². The molecular weight excluding hydrogens is 316 g/mol. The van der Waals surface area contributed by atoms with Crippen LogP contribution in [0.5, 0.6) is 0 Å². The third-order valence-corrected chi connectivity index (χ3v) is 5.09. The van der Waals surface area contributed by atoms with Crippen LogP contribution < -0.4 is 4.90 Å². The molecule has 1 fully saturated rings. The number of amides is 2. The van der Waals surface area contributed by atoms with Crippen molar-refractivity contribution in [3.63, 3.8) is 0 Å². The van der Waals surface area contributed by atoms with E-state index in [1.807, 2.05) is 51.2 Å². The highest BCUT2D eigenvalue weighted by Gasteiger charge is 2.37. The Labute approximate surface area is 148 Å². The summed E-state index contributed by atoms with van der Waals surface area (Å²) in [4.78, 5) is 28.8. The first-order valence-corrected chi connectivity index (χ1v) is 8.51. The summed E-state index contributed by atoms with van der Waals surface area (Å²) in [6, 6.07) is 9.20. The van der Waals surface area contributed by atoms with E-state index in [1.165, 1.54) is 0 Å². The van der Waals surface area contributed by atoms with Crippen LogP contribution in [0.2, 0.25) is 0 Å². The highest BCUT2D eigenvalue weighted by atomic mass is 16.2. The van der Waals surface area contributed by atoms with Gasteiger partial charge in [0.05, 0.1) is 12.1 Å². The Balaban J connectivity index is 1.72. The summed E-state index contributed by atoms with van der Waals surface area (Å²) < 4.78 is 1.79. The Bertz CT molecular complexity index is 797. The van der Waals surface area contributed by atoms with Crippen LogP contribution in [0.3, 0.4) is 0 Å². The summed E-state index contributed by atoms with van der Waals surface area (Å²) in [5, 5.41) is 4.36. The van der Waals surface area contributed by atoms with Crippen LogP contribution in [0.25, 0.3) is 0 Å². The van der Waals surface area contributed by atoms with Gasteiger partial charge in [-0.05, 0) is 32.4 Å². The normalized spacial score (nSPS) is 17.2. The fraction of sp³-hybridized carbons (Fsp3) is 0.421. The molecule has 132 valence electrons. The van der Waals surface area contributed by atoms with Crippen LogP contribution in [0.15, 0.2) is 30.3 Å². The van der Waals surface area contributed by atoms with Gasteiger partial charge in [0.2, 0.25) is 11.8 Å². The first-order valence-electron chi connectivity index (χ1n) is 8.51. The van der Waals surface area contributed by atoms with Gasteiger partial charge in [0.15, 0.2) is 0 Å². The lowest BCUT2D eigenvalue weighted by atomic mass is 10.1. The Morgan fingerprint density at radius 2 is 1.96 bits per heavy atom. The minimum atomic E-state index is -0.398. The highest BCUT2D eigenvalue weighted by Crippen LogP contribution is 2.24. The van der Waals surface area contributed by atoms with Gasteiger partial charge in [0.25, 0.3) is 0 Å². The number of aryl methyl sites for hydroxylation is 2. The number of para-hydroxylation sites is 1. The van der Waals surface area contributed by atoms with Crippen LogP contribution in [0, 0.1) is 13.8 Å². The molecule has 25 heavy (non-hydrogen) atoms. The first-order chi connectivity index (χ1) is 11.9. The Kier molecular flexibility index (Phi) is 4.61. The minimum absolute atomic E-state index is 0.0123. The van der Waals surface area contributed by atoms with E-state index >= 15 is 0 Å². The van der Waals surface area contributed by atoms with Crippen LogP contribution in [0.1, 0.15) is 23.4 Å². The number of carbonyl (C=O) groups excluding carboxylic acids is 2. The van der Waals surface area contributed by atoms with Gasteiger partial charge in [-0.15, -0.1) is 0 Å². The Morgan fingerprint density at radius 1 is 1.28 bits per heavy atom. The van der Waals surface area contributed by atoms with Gasteiger partial charge in [-0.1, -0.05) is 18.2 Å². The molecule has 2 heterocycles. The van der Waals surface area contributed by atoms with Crippen LogP contribution in [-0.4, -0.2) is 46.1 Å². The molecule has 2 aromatic rings. The van der Waals surface area contributed by atoms with E-state index in [-0.39, 0.29) is 18.2 Å². The average Bonchev–Trinajstić information content (AvgIpc) is 3.10. The van der Waals surface area contributed by atoms with E-state index < -0.39 is 6.04 Å². The van der Waals surface area contributed by atoms with Crippen molar-refractivity contribution in [1.29, 1.82) is 0 Å². The second-order valence-electron chi connectivity index (χ2n) is 6.58. The maximum Gasteiger partial charge on any atom is 0.249 e. The van der Waals surface area contributed by atoms with E-state index in [0.29, 0.717) is 13.0 Å². The lowest BCUT2D eigenvalue weighted by Crippen LogP contribution is -2.43. The summed E-state index contributed by atoms with van der Waals surface area (Å²) in [6.07, 6.45) is 0.929. The number of rotatable bonds is 4. The zero-order valence-electron chi connectivity index (χ0n) is 15.2. The third kappa shape index (κ3) is 3.16. The first kappa shape index (κ1) is 17.2. The fourth-order valence-corrected chi connectivity index (χ4v) is 3.41. The summed E-state index contributed by atoms with van der Waals surface area (Å²) in [6.45, 7) is 4.50. The molecule has 1 aromatic heterocycles. The summed E-state index contributed by atoms with van der Waals surface area (Å²) >= 11 is 0. The van der Waals surface area contributed by atoms with E-state index in [0.717, 1.165) is 22.6 Å². The number of carbonyl (C=O) groups is 2. The topological polar surface area (TPSA) is 58.4 Å². The van der Waals surface area contributed by atoms with Crippen LogP contribution >= 0.6 is 0 Å². The molecule has 3 rings (SSSR count). The van der Waals surface area contributed by atoms with Crippen molar-refractivity contribution in [3.05, 3.63) is 47.3 Å². The fourth-order valence-electron chi connectivity index (χ4n) is 3.41. The highest BCUT2D eigenvalue weighted by molar-refractivity contribution is 6.01. The van der Waals surface area contributed by atoms with Crippen molar-refractivity contribution in [2.45, 2.75) is 32.7 Å². The molecular formula is C19H24N4O2. The zero-order valence-corrected chi connectivity index (χ0v) is 15.2. The molecule has 1 aromatic carbocycles. The SMILES string of the molecule is Cc1nn(C)c(C)c1CC(=O)N(C)[C@H]1CCN(c2ccccc2)C1=O. The zero-order chi connectivity index (χ0) is 18.1. The molecule has 0 aliphatic carbocycles. The van der Waals surface area contributed by atoms with Crippen molar-refractivity contribution < 1.29 is 9.59 Å². The van der Waals surface area contributed by atoms with Crippen molar-refractivity contribution in [3.8, 4) is 0 Å². The quantitative estimate of drug-likeness (QED) is 0.853. The molecule has 2 amide bonds. The molecule has 0 N–H and O–H groups in total. The van der Waals surface area contributed by atoms with Gasteiger partial charge in [-0.3, -0.25) is 14.3 Å². The number of hydrogen-bond donors (Lipinski definition) is 0. The number of aromatic nitrogens is 2. The van der Waals surface area contributed by atoms with E-state index in [2.05, 4.69) is 5.10 Å². The van der Waals surface area contributed by atoms with Crippen molar-refractivity contribution in [1.82, 2.24) is 14.7 Å². The Morgan fingerprint density at radius 3 is 2.56 bits per heavy atom. The lowest BCUT2D eigenvalue weighted by molar-refractivity contribution is -0.136. The van der Waals surface area contributed by atoms with Crippen LogP contribution in [-0.2, 0) is 23.1 Å². The van der Waals surface area contributed by atoms with E-state index in [1.54, 1.807) is 21.5 Å². The van der Waals surface area contributed by atoms with Crippen LogP contribution in [0.4, 0.5) is 5.69 Å². The predicted molar refractivity (Wildman–Crippen MR) is 96.4 cm³/mol. The maximum atomic E-state index is 12.8. The molecule has 0 saturated carbocycles. The summed E-state index contributed by atoms with van der Waals surface area (Å²) in [5.74, 6) is -0.0610. The molecule has 0 spiro atoms. The molecule has 1 saturated heterocycles. The van der Waals surface area contributed by atoms with E-state index in [9.17, 15) is 9.59 Å². The van der Waals surface area contributed by atoms with Gasteiger partial charge >= 0.3 is 0 Å². The molecule has 0 bridgehead atoms. The largest absolute Gasteiger partial charge is 0.333 e. The molecule has 6 nitrogen and oxygen atoms in total. The van der Waals surface area contributed by atoms with E-state index in [4.69, 9.17) is 0 Å². The molecule has 0 radical (unpaired) electrons. The second kappa shape index (κ2) is 6.70. The standard InChI is InChI=1S/C19H24N4O2/c1-13-16(14(2)22(4)20-13)12-18(24)21(3)17-10-11-23(19(17)25)15-8-6-5-7-9-15/h5-9,17H,10-12H2,1-4H3/t17-/m0/s1.